The van der Waals surface area contributed by atoms with Crippen LogP contribution in [0, 0.1) is 0 Å². The molecular formula is C14H23N3O. The van der Waals surface area contributed by atoms with Crippen molar-refractivity contribution >= 4 is 11.7 Å². The van der Waals surface area contributed by atoms with Crippen molar-refractivity contribution in [2.45, 2.75) is 46.1 Å². The van der Waals surface area contributed by atoms with Crippen LogP contribution in [0.2, 0.25) is 0 Å². The standard InChI is InChI=1S/C14H23N3O/c1-5-10-14(3,4)17-13(18)11-8-7-9-12(16-11)15-6-2/h7-9H,5-6,10H2,1-4H3,(H,15,16)(H,17,18). The molecule has 0 aliphatic heterocycles. The number of pyridine rings is 1. The lowest BCUT2D eigenvalue weighted by Gasteiger charge is -2.25. The fourth-order valence-electron chi connectivity index (χ4n) is 1.90. The van der Waals surface area contributed by atoms with Crippen LogP contribution < -0.4 is 10.6 Å². The molecule has 0 saturated carbocycles. The van der Waals surface area contributed by atoms with Crippen LogP contribution in [0.1, 0.15) is 51.0 Å². The Bertz CT molecular complexity index is 402. The summed E-state index contributed by atoms with van der Waals surface area (Å²) in [4.78, 5) is 16.4. The van der Waals surface area contributed by atoms with Gasteiger partial charge in [-0.05, 0) is 39.3 Å². The molecule has 0 atom stereocenters. The molecule has 0 unspecified atom stereocenters. The molecule has 1 aromatic heterocycles. The van der Waals surface area contributed by atoms with Gasteiger partial charge in [0.2, 0.25) is 0 Å². The number of hydrogen-bond donors (Lipinski definition) is 2. The first-order chi connectivity index (χ1) is 8.48. The van der Waals surface area contributed by atoms with Gasteiger partial charge in [0.1, 0.15) is 11.5 Å². The third kappa shape index (κ3) is 4.35. The molecule has 0 radical (unpaired) electrons. The van der Waals surface area contributed by atoms with Gasteiger partial charge in [-0.15, -0.1) is 0 Å². The number of amides is 1. The maximum atomic E-state index is 12.1. The fourth-order valence-corrected chi connectivity index (χ4v) is 1.90. The van der Waals surface area contributed by atoms with Gasteiger partial charge in [0.25, 0.3) is 5.91 Å². The van der Waals surface area contributed by atoms with Crippen molar-refractivity contribution in [1.29, 1.82) is 0 Å². The van der Waals surface area contributed by atoms with Crippen molar-refractivity contribution in [3.05, 3.63) is 23.9 Å². The summed E-state index contributed by atoms with van der Waals surface area (Å²) in [6.45, 7) is 8.96. The number of carbonyl (C=O) groups is 1. The monoisotopic (exact) mass is 249 g/mol. The van der Waals surface area contributed by atoms with Crippen LogP contribution in [0.4, 0.5) is 5.82 Å². The zero-order chi connectivity index (χ0) is 13.6. The Kier molecular flexibility index (Phi) is 5.13. The summed E-state index contributed by atoms with van der Waals surface area (Å²) in [5.74, 6) is 0.617. The van der Waals surface area contributed by atoms with Crippen molar-refractivity contribution < 1.29 is 4.79 Å². The van der Waals surface area contributed by atoms with Crippen molar-refractivity contribution in [2.24, 2.45) is 0 Å². The Labute approximate surface area is 109 Å². The van der Waals surface area contributed by atoms with Crippen molar-refractivity contribution in [3.63, 3.8) is 0 Å². The molecule has 100 valence electrons. The first-order valence-electron chi connectivity index (χ1n) is 6.52. The largest absolute Gasteiger partial charge is 0.370 e. The highest BCUT2D eigenvalue weighted by Gasteiger charge is 2.20. The highest BCUT2D eigenvalue weighted by molar-refractivity contribution is 5.93. The van der Waals surface area contributed by atoms with E-state index in [1.54, 1.807) is 6.07 Å². The van der Waals surface area contributed by atoms with Gasteiger partial charge in [-0.25, -0.2) is 4.98 Å². The summed E-state index contributed by atoms with van der Waals surface area (Å²) in [6, 6.07) is 5.43. The topological polar surface area (TPSA) is 54.0 Å². The van der Waals surface area contributed by atoms with Gasteiger partial charge in [-0.3, -0.25) is 4.79 Å². The van der Waals surface area contributed by atoms with E-state index in [1.807, 2.05) is 32.9 Å². The molecule has 0 spiro atoms. The Morgan fingerprint density at radius 1 is 1.33 bits per heavy atom. The van der Waals surface area contributed by atoms with Crippen molar-refractivity contribution in [3.8, 4) is 0 Å². The zero-order valence-corrected chi connectivity index (χ0v) is 11.7. The average molecular weight is 249 g/mol. The maximum absolute atomic E-state index is 12.1. The lowest BCUT2D eigenvalue weighted by molar-refractivity contribution is 0.0904. The summed E-state index contributed by atoms with van der Waals surface area (Å²) >= 11 is 0. The summed E-state index contributed by atoms with van der Waals surface area (Å²) < 4.78 is 0. The number of carbonyl (C=O) groups excluding carboxylic acids is 1. The van der Waals surface area contributed by atoms with Gasteiger partial charge in [0.15, 0.2) is 0 Å². The highest BCUT2D eigenvalue weighted by atomic mass is 16.2. The molecule has 1 rings (SSSR count). The van der Waals surface area contributed by atoms with E-state index in [-0.39, 0.29) is 11.4 Å². The lowest BCUT2D eigenvalue weighted by Crippen LogP contribution is -2.43. The molecule has 0 aliphatic carbocycles. The van der Waals surface area contributed by atoms with Gasteiger partial charge in [0.05, 0.1) is 0 Å². The number of nitrogens with zero attached hydrogens (tertiary/aromatic N) is 1. The second-order valence-corrected chi connectivity index (χ2v) is 5.03. The van der Waals surface area contributed by atoms with Gasteiger partial charge in [-0.1, -0.05) is 19.4 Å². The van der Waals surface area contributed by atoms with E-state index >= 15 is 0 Å². The zero-order valence-electron chi connectivity index (χ0n) is 11.7. The first kappa shape index (κ1) is 14.5. The van der Waals surface area contributed by atoms with Gasteiger partial charge >= 0.3 is 0 Å². The quantitative estimate of drug-likeness (QED) is 0.815. The van der Waals surface area contributed by atoms with E-state index in [2.05, 4.69) is 22.5 Å². The third-order valence-electron chi connectivity index (χ3n) is 2.67. The highest BCUT2D eigenvalue weighted by Crippen LogP contribution is 2.12. The van der Waals surface area contributed by atoms with Gasteiger partial charge < -0.3 is 10.6 Å². The molecule has 0 aromatic carbocycles. The van der Waals surface area contributed by atoms with Crippen LogP contribution in [0.3, 0.4) is 0 Å². The summed E-state index contributed by atoms with van der Waals surface area (Å²) in [7, 11) is 0. The minimum atomic E-state index is -0.193. The molecule has 4 nitrogen and oxygen atoms in total. The van der Waals surface area contributed by atoms with E-state index in [4.69, 9.17) is 0 Å². The van der Waals surface area contributed by atoms with E-state index in [0.29, 0.717) is 5.69 Å². The Balaban J connectivity index is 2.75. The molecule has 2 N–H and O–H groups in total. The van der Waals surface area contributed by atoms with Crippen LogP contribution in [0.5, 0.6) is 0 Å². The molecule has 0 fully saturated rings. The first-order valence-corrected chi connectivity index (χ1v) is 6.52. The molecular weight excluding hydrogens is 226 g/mol. The summed E-state index contributed by atoms with van der Waals surface area (Å²) in [5, 5.41) is 6.11. The van der Waals surface area contributed by atoms with E-state index < -0.39 is 0 Å². The Morgan fingerprint density at radius 2 is 2.06 bits per heavy atom. The Hall–Kier alpha value is -1.58. The van der Waals surface area contributed by atoms with Crippen LogP contribution in [0.25, 0.3) is 0 Å². The van der Waals surface area contributed by atoms with E-state index in [0.717, 1.165) is 25.2 Å². The molecule has 1 aromatic rings. The van der Waals surface area contributed by atoms with Crippen LogP contribution in [-0.4, -0.2) is 23.0 Å². The van der Waals surface area contributed by atoms with Crippen molar-refractivity contribution in [1.82, 2.24) is 10.3 Å². The molecule has 0 aliphatic rings. The number of hydrogen-bond acceptors (Lipinski definition) is 3. The summed E-state index contributed by atoms with van der Waals surface area (Å²) in [5.41, 5.74) is 0.263. The molecule has 1 amide bonds. The smallest absolute Gasteiger partial charge is 0.270 e. The molecule has 4 heteroatoms. The fraction of sp³-hybridized carbons (Fsp3) is 0.571. The third-order valence-corrected chi connectivity index (χ3v) is 2.67. The predicted octanol–water partition coefficient (Wildman–Crippen LogP) is 2.82. The Morgan fingerprint density at radius 3 is 2.67 bits per heavy atom. The molecule has 18 heavy (non-hydrogen) atoms. The average Bonchev–Trinajstić information content (AvgIpc) is 2.29. The molecule has 0 bridgehead atoms. The lowest BCUT2D eigenvalue weighted by atomic mass is 9.99. The minimum Gasteiger partial charge on any atom is -0.370 e. The van der Waals surface area contributed by atoms with E-state index in [1.165, 1.54) is 0 Å². The number of aromatic nitrogens is 1. The van der Waals surface area contributed by atoms with Crippen LogP contribution in [0.15, 0.2) is 18.2 Å². The van der Waals surface area contributed by atoms with Gasteiger partial charge in [-0.2, -0.15) is 0 Å². The molecule has 1 heterocycles. The van der Waals surface area contributed by atoms with Crippen LogP contribution in [-0.2, 0) is 0 Å². The number of rotatable bonds is 6. The number of nitrogens with one attached hydrogen (secondary N) is 2. The van der Waals surface area contributed by atoms with Crippen molar-refractivity contribution in [2.75, 3.05) is 11.9 Å². The normalized spacial score (nSPS) is 11.1. The predicted molar refractivity (Wildman–Crippen MR) is 74.9 cm³/mol. The minimum absolute atomic E-state index is 0.117. The molecule has 0 saturated heterocycles. The second kappa shape index (κ2) is 6.38. The van der Waals surface area contributed by atoms with Gasteiger partial charge in [0, 0.05) is 12.1 Å². The maximum Gasteiger partial charge on any atom is 0.270 e. The number of anilines is 1. The van der Waals surface area contributed by atoms with E-state index in [9.17, 15) is 4.79 Å². The van der Waals surface area contributed by atoms with Crippen LogP contribution >= 0.6 is 0 Å². The SMILES string of the molecule is CCCC(C)(C)NC(=O)c1cccc(NCC)n1. The summed E-state index contributed by atoms with van der Waals surface area (Å²) in [6.07, 6.45) is 1.99. The second-order valence-electron chi connectivity index (χ2n) is 5.03.